The number of aryl methyl sites for hydroxylation is 1. The molecule has 0 unspecified atom stereocenters. The molecule has 9 heteroatoms. The van der Waals surface area contributed by atoms with Gasteiger partial charge in [-0.25, -0.2) is 0 Å². The summed E-state index contributed by atoms with van der Waals surface area (Å²) in [6, 6.07) is 9.27. The fourth-order valence-electron chi connectivity index (χ4n) is 3.94. The summed E-state index contributed by atoms with van der Waals surface area (Å²) >= 11 is 0. The third-order valence-corrected chi connectivity index (χ3v) is 5.84. The highest BCUT2D eigenvalue weighted by molar-refractivity contribution is 5.99. The summed E-state index contributed by atoms with van der Waals surface area (Å²) in [7, 11) is 1.52. The lowest BCUT2D eigenvalue weighted by molar-refractivity contribution is -0.178. The van der Waals surface area contributed by atoms with Crippen LogP contribution in [-0.4, -0.2) is 37.4 Å². The van der Waals surface area contributed by atoms with Crippen LogP contribution in [0.2, 0.25) is 0 Å². The quantitative estimate of drug-likeness (QED) is 0.581. The predicted molar refractivity (Wildman–Crippen MR) is 113 cm³/mol. The zero-order chi connectivity index (χ0) is 23.8. The van der Waals surface area contributed by atoms with Crippen molar-refractivity contribution in [3.63, 3.8) is 0 Å². The molecule has 6 nitrogen and oxygen atoms in total. The minimum Gasteiger partial charge on any atom is -0.493 e. The van der Waals surface area contributed by atoms with Gasteiger partial charge in [-0.2, -0.15) is 13.2 Å². The first kappa shape index (κ1) is 22.9. The van der Waals surface area contributed by atoms with Crippen molar-refractivity contribution >= 4 is 11.9 Å². The minimum atomic E-state index is -4.62. The second-order valence-electron chi connectivity index (χ2n) is 8.28. The predicted octanol–water partition coefficient (Wildman–Crippen LogP) is 4.58. The minimum absolute atomic E-state index is 0.0852. The molecule has 176 valence electrons. The third-order valence-electron chi connectivity index (χ3n) is 5.84. The van der Waals surface area contributed by atoms with Gasteiger partial charge in [0.1, 0.15) is 18.6 Å². The van der Waals surface area contributed by atoms with Gasteiger partial charge < -0.3 is 19.5 Å². The Labute approximate surface area is 189 Å². The van der Waals surface area contributed by atoms with Crippen molar-refractivity contribution in [1.82, 2.24) is 5.32 Å². The molecule has 0 aromatic heterocycles. The Morgan fingerprint density at radius 2 is 1.85 bits per heavy atom. The number of carbonyl (C=O) groups is 2. The summed E-state index contributed by atoms with van der Waals surface area (Å²) in [6.45, 7) is 2.31. The first-order chi connectivity index (χ1) is 15.6. The lowest BCUT2D eigenvalue weighted by Crippen LogP contribution is -2.29. The summed E-state index contributed by atoms with van der Waals surface area (Å²) < 4.78 is 54.4. The number of methoxy groups -OCH3 is 1. The highest BCUT2D eigenvalue weighted by Gasteiger charge is 2.49. The Morgan fingerprint density at radius 1 is 1.12 bits per heavy atom. The molecule has 1 fully saturated rings. The van der Waals surface area contributed by atoms with Crippen molar-refractivity contribution in [1.29, 1.82) is 0 Å². The fraction of sp³-hybridized carbons (Fsp3) is 0.417. The van der Waals surface area contributed by atoms with E-state index in [1.165, 1.54) is 7.11 Å². The molecule has 2 aromatic carbocycles. The average Bonchev–Trinajstić information content (AvgIpc) is 3.42. The first-order valence-corrected chi connectivity index (χ1v) is 10.7. The summed E-state index contributed by atoms with van der Waals surface area (Å²) in [4.78, 5) is 23.6. The summed E-state index contributed by atoms with van der Waals surface area (Å²) in [6.07, 6.45) is -4.73. The monoisotopic (exact) mass is 463 g/mol. The Bertz CT molecular complexity index is 1090. The SMILES string of the molecule is CCc1ccc(-c2ccc3c(c2)CNC3=O)c(OCC2(OC(=O)CC(F)(F)F)CC2)c1OC. The lowest BCUT2D eigenvalue weighted by atomic mass is 9.97. The van der Waals surface area contributed by atoms with E-state index in [-0.39, 0.29) is 12.5 Å². The number of halogens is 3. The largest absolute Gasteiger partial charge is 0.493 e. The van der Waals surface area contributed by atoms with Crippen molar-refractivity contribution in [2.24, 2.45) is 0 Å². The molecule has 1 heterocycles. The molecular formula is C24H24F3NO5. The van der Waals surface area contributed by atoms with Crippen LogP contribution in [0.5, 0.6) is 11.5 Å². The summed E-state index contributed by atoms with van der Waals surface area (Å²) in [5.41, 5.74) is 2.83. The molecule has 33 heavy (non-hydrogen) atoms. The Balaban J connectivity index is 1.62. The Morgan fingerprint density at radius 3 is 2.48 bits per heavy atom. The van der Waals surface area contributed by atoms with E-state index in [2.05, 4.69) is 5.32 Å². The molecule has 2 aromatic rings. The molecule has 1 N–H and O–H groups in total. The number of alkyl halides is 3. The molecule has 2 aliphatic rings. The van der Waals surface area contributed by atoms with E-state index in [0.717, 1.165) is 16.7 Å². The van der Waals surface area contributed by atoms with E-state index in [4.69, 9.17) is 14.2 Å². The van der Waals surface area contributed by atoms with E-state index in [1.807, 2.05) is 31.2 Å². The van der Waals surface area contributed by atoms with Gasteiger partial charge in [0.05, 0.1) is 7.11 Å². The number of hydrogen-bond acceptors (Lipinski definition) is 5. The average molecular weight is 463 g/mol. The molecule has 1 saturated carbocycles. The number of rotatable bonds is 8. The van der Waals surface area contributed by atoms with E-state index in [9.17, 15) is 22.8 Å². The number of esters is 1. The molecule has 0 atom stereocenters. The molecule has 0 bridgehead atoms. The first-order valence-electron chi connectivity index (χ1n) is 10.7. The van der Waals surface area contributed by atoms with Crippen LogP contribution in [0.15, 0.2) is 30.3 Å². The Kier molecular flexibility index (Phi) is 5.99. The third kappa shape index (κ3) is 4.91. The smallest absolute Gasteiger partial charge is 0.399 e. The molecule has 0 saturated heterocycles. The maximum atomic E-state index is 12.5. The molecule has 0 radical (unpaired) electrons. The highest BCUT2D eigenvalue weighted by atomic mass is 19.4. The van der Waals surface area contributed by atoms with Crippen LogP contribution in [0.1, 0.15) is 47.7 Å². The van der Waals surface area contributed by atoms with Crippen LogP contribution in [-0.2, 0) is 22.5 Å². The highest BCUT2D eigenvalue weighted by Crippen LogP contribution is 2.45. The van der Waals surface area contributed by atoms with Gasteiger partial charge in [0, 0.05) is 17.7 Å². The number of carbonyl (C=O) groups excluding carboxylic acids is 2. The Hall–Kier alpha value is -3.23. The van der Waals surface area contributed by atoms with Gasteiger partial charge in [0.2, 0.25) is 0 Å². The topological polar surface area (TPSA) is 73.9 Å². The van der Waals surface area contributed by atoms with Crippen molar-refractivity contribution < 1.29 is 37.0 Å². The molecule has 4 rings (SSSR count). The number of ether oxygens (including phenoxy) is 3. The lowest BCUT2D eigenvalue weighted by Gasteiger charge is -2.22. The van der Waals surface area contributed by atoms with E-state index in [0.29, 0.717) is 48.4 Å². The summed E-state index contributed by atoms with van der Waals surface area (Å²) in [5, 5.41) is 2.78. The fourth-order valence-corrected chi connectivity index (χ4v) is 3.94. The second-order valence-corrected chi connectivity index (χ2v) is 8.28. The van der Waals surface area contributed by atoms with Crippen LogP contribution >= 0.6 is 0 Å². The van der Waals surface area contributed by atoms with E-state index < -0.39 is 24.2 Å². The van der Waals surface area contributed by atoms with E-state index >= 15 is 0 Å². The van der Waals surface area contributed by atoms with Gasteiger partial charge in [0.15, 0.2) is 11.5 Å². The van der Waals surface area contributed by atoms with Crippen LogP contribution in [0, 0.1) is 0 Å². The normalized spacial score (nSPS) is 16.1. The van der Waals surface area contributed by atoms with Crippen LogP contribution < -0.4 is 14.8 Å². The summed E-state index contributed by atoms with van der Waals surface area (Å²) in [5.74, 6) is -0.494. The van der Waals surface area contributed by atoms with E-state index in [1.54, 1.807) is 6.07 Å². The van der Waals surface area contributed by atoms with Gasteiger partial charge in [-0.15, -0.1) is 0 Å². The van der Waals surface area contributed by atoms with Gasteiger partial charge in [-0.3, -0.25) is 9.59 Å². The molecule has 1 aliphatic heterocycles. The zero-order valence-electron chi connectivity index (χ0n) is 18.3. The van der Waals surface area contributed by atoms with Gasteiger partial charge in [0.25, 0.3) is 5.91 Å². The number of fused-ring (bicyclic) bond motifs is 1. The van der Waals surface area contributed by atoms with Gasteiger partial charge in [-0.05, 0) is 48.1 Å². The second kappa shape index (κ2) is 8.61. The van der Waals surface area contributed by atoms with Crippen LogP contribution in [0.4, 0.5) is 13.2 Å². The van der Waals surface area contributed by atoms with Crippen LogP contribution in [0.25, 0.3) is 11.1 Å². The van der Waals surface area contributed by atoms with Crippen LogP contribution in [0.3, 0.4) is 0 Å². The molecule has 1 amide bonds. The van der Waals surface area contributed by atoms with Gasteiger partial charge >= 0.3 is 12.1 Å². The van der Waals surface area contributed by atoms with Crippen molar-refractivity contribution in [3.8, 4) is 22.6 Å². The standard InChI is InChI=1S/C24H24F3NO5/c1-3-14-4-6-17(15-5-7-18-16(10-15)12-28-22(18)30)21(20(14)31-2)32-13-23(8-9-23)33-19(29)11-24(25,26)27/h4-7,10H,3,8-9,11-13H2,1-2H3,(H,28,30). The van der Waals surface area contributed by atoms with Crippen molar-refractivity contribution in [2.75, 3.05) is 13.7 Å². The molecule has 0 spiro atoms. The molecule has 1 aliphatic carbocycles. The number of benzene rings is 2. The van der Waals surface area contributed by atoms with Crippen molar-refractivity contribution in [3.05, 3.63) is 47.0 Å². The number of nitrogens with one attached hydrogen (secondary N) is 1. The molecular weight excluding hydrogens is 439 g/mol. The maximum Gasteiger partial charge on any atom is 0.399 e. The number of hydrogen-bond donors (Lipinski definition) is 1. The zero-order valence-corrected chi connectivity index (χ0v) is 18.3. The van der Waals surface area contributed by atoms with Crippen molar-refractivity contribution in [2.45, 2.75) is 50.9 Å². The van der Waals surface area contributed by atoms with Gasteiger partial charge in [-0.1, -0.05) is 25.1 Å². The number of amides is 1. The maximum absolute atomic E-state index is 12.5.